The predicted octanol–water partition coefficient (Wildman–Crippen LogP) is 3.17. The molecule has 4 aliphatic carbocycles. The van der Waals surface area contributed by atoms with Crippen molar-refractivity contribution in [2.24, 2.45) is 11.8 Å². The van der Waals surface area contributed by atoms with Crippen molar-refractivity contribution in [2.75, 3.05) is 13.7 Å². The lowest BCUT2D eigenvalue weighted by Gasteiger charge is -2.60. The predicted molar refractivity (Wildman–Crippen MR) is 88.3 cm³/mol. The van der Waals surface area contributed by atoms with Gasteiger partial charge in [0.25, 0.3) is 0 Å². The monoisotopic (exact) mass is 336 g/mol. The molecule has 4 bridgehead atoms. The molecule has 134 valence electrons. The Bertz CT molecular complexity index is 524. The Kier molecular flexibility index (Phi) is 4.73. The SMILES string of the molecule is C=C(C)C(=O)OC12CC3CC(CC(OCCCC(=O)OC)(C3)C1)C2. The zero-order chi connectivity index (χ0) is 17.4. The number of hydrogen-bond acceptors (Lipinski definition) is 5. The fourth-order valence-electron chi connectivity index (χ4n) is 5.28. The van der Waals surface area contributed by atoms with Gasteiger partial charge in [-0.1, -0.05) is 6.58 Å². The highest BCUT2D eigenvalue weighted by atomic mass is 16.6. The zero-order valence-electron chi connectivity index (χ0n) is 14.8. The van der Waals surface area contributed by atoms with Gasteiger partial charge in [-0.05, 0) is 57.3 Å². The second kappa shape index (κ2) is 6.51. The smallest absolute Gasteiger partial charge is 0.333 e. The van der Waals surface area contributed by atoms with E-state index in [9.17, 15) is 9.59 Å². The molecule has 0 N–H and O–H groups in total. The molecule has 5 nitrogen and oxygen atoms in total. The van der Waals surface area contributed by atoms with Crippen LogP contribution in [-0.2, 0) is 23.8 Å². The van der Waals surface area contributed by atoms with E-state index < -0.39 is 0 Å². The minimum Gasteiger partial charge on any atom is -0.469 e. The van der Waals surface area contributed by atoms with Crippen LogP contribution in [-0.4, -0.2) is 36.9 Å². The number of esters is 2. The number of methoxy groups -OCH3 is 1. The molecule has 0 aliphatic heterocycles. The number of hydrogen-bond donors (Lipinski definition) is 0. The van der Waals surface area contributed by atoms with E-state index in [4.69, 9.17) is 9.47 Å². The van der Waals surface area contributed by atoms with Crippen molar-refractivity contribution in [2.45, 2.75) is 69.5 Å². The van der Waals surface area contributed by atoms with Crippen molar-refractivity contribution in [1.29, 1.82) is 0 Å². The Morgan fingerprint density at radius 2 is 1.75 bits per heavy atom. The van der Waals surface area contributed by atoms with E-state index in [1.807, 2.05) is 0 Å². The molecular weight excluding hydrogens is 308 g/mol. The van der Waals surface area contributed by atoms with Crippen molar-refractivity contribution in [3.05, 3.63) is 12.2 Å². The fourth-order valence-corrected chi connectivity index (χ4v) is 5.28. The van der Waals surface area contributed by atoms with Crippen LogP contribution < -0.4 is 0 Å². The number of ether oxygens (including phenoxy) is 3. The normalized spacial score (nSPS) is 36.4. The van der Waals surface area contributed by atoms with Gasteiger partial charge in [-0.2, -0.15) is 0 Å². The van der Waals surface area contributed by atoms with E-state index in [2.05, 4.69) is 11.3 Å². The van der Waals surface area contributed by atoms with Crippen LogP contribution in [0.5, 0.6) is 0 Å². The Morgan fingerprint density at radius 1 is 1.12 bits per heavy atom. The van der Waals surface area contributed by atoms with Gasteiger partial charge in [-0.25, -0.2) is 4.79 Å². The maximum atomic E-state index is 12.1. The summed E-state index contributed by atoms with van der Waals surface area (Å²) in [6.07, 6.45) is 7.06. The maximum Gasteiger partial charge on any atom is 0.333 e. The van der Waals surface area contributed by atoms with Gasteiger partial charge in [0, 0.05) is 25.0 Å². The third-order valence-corrected chi connectivity index (χ3v) is 5.77. The molecule has 4 fully saturated rings. The summed E-state index contributed by atoms with van der Waals surface area (Å²) < 4.78 is 16.9. The van der Waals surface area contributed by atoms with Gasteiger partial charge in [-0.15, -0.1) is 0 Å². The largest absolute Gasteiger partial charge is 0.469 e. The average molecular weight is 336 g/mol. The third kappa shape index (κ3) is 3.51. The van der Waals surface area contributed by atoms with E-state index in [0.717, 1.165) is 32.1 Å². The molecule has 24 heavy (non-hydrogen) atoms. The first-order chi connectivity index (χ1) is 11.4. The van der Waals surface area contributed by atoms with Gasteiger partial charge in [0.2, 0.25) is 0 Å². The standard InChI is InChI=1S/C19H28O5/c1-13(2)17(21)24-19-10-14-7-15(11-19)9-18(8-14,12-19)23-6-4-5-16(20)22-3/h14-15H,1,4-12H2,2-3H3. The van der Waals surface area contributed by atoms with E-state index in [0.29, 0.717) is 36.9 Å². The highest BCUT2D eigenvalue weighted by Gasteiger charge is 2.60. The van der Waals surface area contributed by atoms with Crippen LogP contribution >= 0.6 is 0 Å². The topological polar surface area (TPSA) is 61.8 Å². The molecule has 4 saturated carbocycles. The van der Waals surface area contributed by atoms with Crippen molar-refractivity contribution >= 4 is 11.9 Å². The van der Waals surface area contributed by atoms with Gasteiger partial charge >= 0.3 is 11.9 Å². The van der Waals surface area contributed by atoms with Crippen LogP contribution in [0.15, 0.2) is 12.2 Å². The lowest BCUT2D eigenvalue weighted by Crippen LogP contribution is -2.61. The molecule has 5 heteroatoms. The molecule has 0 spiro atoms. The Morgan fingerprint density at radius 3 is 2.33 bits per heavy atom. The fraction of sp³-hybridized carbons (Fsp3) is 0.789. The first-order valence-electron chi connectivity index (χ1n) is 8.95. The second-order valence-corrected chi connectivity index (χ2v) is 8.03. The number of carbonyl (C=O) groups excluding carboxylic acids is 2. The van der Waals surface area contributed by atoms with E-state index >= 15 is 0 Å². The number of rotatable bonds is 7. The summed E-state index contributed by atoms with van der Waals surface area (Å²) in [5, 5.41) is 0. The molecule has 0 heterocycles. The first kappa shape index (κ1) is 17.5. The lowest BCUT2D eigenvalue weighted by molar-refractivity contribution is -0.232. The van der Waals surface area contributed by atoms with E-state index in [1.54, 1.807) is 6.92 Å². The van der Waals surface area contributed by atoms with Crippen molar-refractivity contribution < 1.29 is 23.8 Å². The quantitative estimate of drug-likeness (QED) is 0.406. The van der Waals surface area contributed by atoms with Crippen LogP contribution in [0.2, 0.25) is 0 Å². The summed E-state index contributed by atoms with van der Waals surface area (Å²) >= 11 is 0. The molecule has 4 rings (SSSR count). The summed E-state index contributed by atoms with van der Waals surface area (Å²) in [7, 11) is 1.40. The van der Waals surface area contributed by atoms with Gasteiger partial charge in [0.1, 0.15) is 5.60 Å². The van der Waals surface area contributed by atoms with Crippen LogP contribution in [0.1, 0.15) is 58.3 Å². The molecule has 2 unspecified atom stereocenters. The second-order valence-electron chi connectivity index (χ2n) is 8.03. The molecule has 0 aromatic rings. The summed E-state index contributed by atoms with van der Waals surface area (Å²) in [5.41, 5.74) is -0.100. The minimum atomic E-state index is -0.373. The van der Waals surface area contributed by atoms with Crippen molar-refractivity contribution in [1.82, 2.24) is 0 Å². The zero-order valence-corrected chi connectivity index (χ0v) is 14.8. The Hall–Kier alpha value is -1.36. The molecule has 0 amide bonds. The van der Waals surface area contributed by atoms with Crippen molar-refractivity contribution in [3.63, 3.8) is 0 Å². The highest BCUT2D eigenvalue weighted by molar-refractivity contribution is 5.87. The first-order valence-corrected chi connectivity index (χ1v) is 8.95. The summed E-state index contributed by atoms with van der Waals surface area (Å²) in [5.74, 6) is 0.670. The van der Waals surface area contributed by atoms with Gasteiger partial charge < -0.3 is 14.2 Å². The summed E-state index contributed by atoms with van der Waals surface area (Å²) in [4.78, 5) is 23.3. The van der Waals surface area contributed by atoms with Crippen molar-refractivity contribution in [3.8, 4) is 0 Å². The average Bonchev–Trinajstić information content (AvgIpc) is 2.49. The van der Waals surface area contributed by atoms with E-state index in [1.165, 1.54) is 13.5 Å². The molecule has 0 radical (unpaired) electrons. The highest BCUT2D eigenvalue weighted by Crippen LogP contribution is 2.60. The summed E-state index contributed by atoms with van der Waals surface area (Å²) in [6, 6.07) is 0. The molecule has 4 aliphatic rings. The van der Waals surface area contributed by atoms with Gasteiger partial charge in [0.15, 0.2) is 0 Å². The Labute approximate surface area is 143 Å². The molecular formula is C19H28O5. The maximum absolute atomic E-state index is 12.1. The summed E-state index contributed by atoms with van der Waals surface area (Å²) in [6.45, 7) is 5.96. The van der Waals surface area contributed by atoms with Crippen LogP contribution in [0, 0.1) is 11.8 Å². The van der Waals surface area contributed by atoms with Crippen LogP contribution in [0.25, 0.3) is 0 Å². The third-order valence-electron chi connectivity index (χ3n) is 5.77. The molecule has 2 atom stereocenters. The number of carbonyl (C=O) groups is 2. The van der Waals surface area contributed by atoms with Crippen LogP contribution in [0.3, 0.4) is 0 Å². The van der Waals surface area contributed by atoms with Gasteiger partial charge in [-0.3, -0.25) is 4.79 Å². The Balaban J connectivity index is 1.63. The molecule has 0 aromatic carbocycles. The molecule has 0 saturated heterocycles. The van der Waals surface area contributed by atoms with Crippen LogP contribution in [0.4, 0.5) is 0 Å². The van der Waals surface area contributed by atoms with Gasteiger partial charge in [0.05, 0.1) is 12.7 Å². The lowest BCUT2D eigenvalue weighted by atomic mass is 9.52. The van der Waals surface area contributed by atoms with E-state index in [-0.39, 0.29) is 23.1 Å². The molecule has 0 aromatic heterocycles. The minimum absolute atomic E-state index is 0.185.